The molecule has 1 unspecified atom stereocenters. The molecule has 2 aromatic rings. The Morgan fingerprint density at radius 2 is 1.88 bits per heavy atom. The highest BCUT2D eigenvalue weighted by Crippen LogP contribution is 2.44. The molecule has 1 aliphatic heterocycles. The van der Waals surface area contributed by atoms with E-state index in [0.29, 0.717) is 17.5 Å². The predicted octanol–water partition coefficient (Wildman–Crippen LogP) is 4.95. The highest BCUT2D eigenvalue weighted by atomic mass is 19.4. The molecule has 128 valence electrons. The van der Waals surface area contributed by atoms with E-state index in [9.17, 15) is 13.2 Å². The van der Waals surface area contributed by atoms with Crippen LogP contribution < -0.4 is 10.6 Å². The average molecular weight is 335 g/mol. The van der Waals surface area contributed by atoms with Crippen LogP contribution in [0.5, 0.6) is 0 Å². The fourth-order valence-electron chi connectivity index (χ4n) is 2.86. The van der Waals surface area contributed by atoms with Crippen LogP contribution in [0.1, 0.15) is 38.1 Å². The molecule has 6 heteroatoms. The molecule has 1 atom stereocenters. The molecule has 0 saturated heterocycles. The van der Waals surface area contributed by atoms with E-state index in [1.165, 1.54) is 12.4 Å². The number of hydrogen-bond acceptors (Lipinski definition) is 3. The lowest BCUT2D eigenvalue weighted by Gasteiger charge is -2.28. The van der Waals surface area contributed by atoms with Crippen LogP contribution in [0.25, 0.3) is 10.8 Å². The van der Waals surface area contributed by atoms with Crippen molar-refractivity contribution >= 4 is 22.8 Å². The van der Waals surface area contributed by atoms with Gasteiger partial charge in [0.25, 0.3) is 0 Å². The Kier molecular flexibility index (Phi) is 4.03. The van der Waals surface area contributed by atoms with Crippen molar-refractivity contribution in [2.75, 3.05) is 11.9 Å². The van der Waals surface area contributed by atoms with Crippen molar-refractivity contribution < 1.29 is 13.2 Å². The van der Waals surface area contributed by atoms with E-state index in [4.69, 9.17) is 0 Å². The van der Waals surface area contributed by atoms with E-state index in [0.717, 1.165) is 0 Å². The van der Waals surface area contributed by atoms with Gasteiger partial charge in [0.1, 0.15) is 6.17 Å². The third-order valence-corrected chi connectivity index (χ3v) is 3.92. The second-order valence-electron chi connectivity index (χ2n) is 7.20. The molecular weight excluding hydrogens is 315 g/mol. The summed E-state index contributed by atoms with van der Waals surface area (Å²) in [5.74, 6) is 0. The van der Waals surface area contributed by atoms with E-state index >= 15 is 0 Å². The highest BCUT2D eigenvalue weighted by Gasteiger charge is 2.38. The van der Waals surface area contributed by atoms with Crippen molar-refractivity contribution in [3.63, 3.8) is 0 Å². The quantitative estimate of drug-likeness (QED) is 0.815. The van der Waals surface area contributed by atoms with Gasteiger partial charge in [-0.3, -0.25) is 10.3 Å². The maximum atomic E-state index is 13.7. The van der Waals surface area contributed by atoms with Crippen LogP contribution in [-0.2, 0) is 6.18 Å². The summed E-state index contributed by atoms with van der Waals surface area (Å²) in [6.45, 7) is 6.83. The van der Waals surface area contributed by atoms with Crippen molar-refractivity contribution in [3.05, 3.63) is 41.5 Å². The monoisotopic (exact) mass is 335 g/mol. The van der Waals surface area contributed by atoms with Crippen molar-refractivity contribution in [3.8, 4) is 0 Å². The lowest BCUT2D eigenvalue weighted by atomic mass is 9.94. The zero-order valence-electron chi connectivity index (χ0n) is 13.8. The molecule has 24 heavy (non-hydrogen) atoms. The second-order valence-corrected chi connectivity index (χ2v) is 7.20. The van der Waals surface area contributed by atoms with E-state index in [1.807, 2.05) is 0 Å². The third-order valence-electron chi connectivity index (χ3n) is 3.92. The number of fused-ring (bicyclic) bond motifs is 2. The first-order chi connectivity index (χ1) is 11.2. The van der Waals surface area contributed by atoms with Gasteiger partial charge >= 0.3 is 6.18 Å². The van der Waals surface area contributed by atoms with Crippen LogP contribution in [0.3, 0.4) is 0 Å². The van der Waals surface area contributed by atoms with Crippen molar-refractivity contribution in [2.45, 2.75) is 33.1 Å². The van der Waals surface area contributed by atoms with Crippen LogP contribution in [0, 0.1) is 5.41 Å². The molecule has 0 aliphatic carbocycles. The molecule has 0 spiro atoms. The zero-order valence-corrected chi connectivity index (χ0v) is 13.8. The largest absolute Gasteiger partial charge is 0.419 e. The van der Waals surface area contributed by atoms with Gasteiger partial charge in [0, 0.05) is 12.1 Å². The Hall–Kier alpha value is -2.08. The number of benzene rings is 2. The van der Waals surface area contributed by atoms with Crippen LogP contribution in [0.4, 0.5) is 18.9 Å². The minimum absolute atomic E-state index is 0.00423. The number of aliphatic imine (C=N–C) groups is 1. The highest BCUT2D eigenvalue weighted by molar-refractivity contribution is 5.96. The topological polar surface area (TPSA) is 36.4 Å². The van der Waals surface area contributed by atoms with Crippen LogP contribution in [0.2, 0.25) is 0 Å². The molecule has 0 amide bonds. The van der Waals surface area contributed by atoms with Gasteiger partial charge in [0.05, 0.1) is 17.6 Å². The third kappa shape index (κ3) is 3.24. The molecule has 2 N–H and O–H groups in total. The van der Waals surface area contributed by atoms with Gasteiger partial charge in [-0.15, -0.1) is 0 Å². The molecule has 2 aromatic carbocycles. The molecule has 0 saturated carbocycles. The van der Waals surface area contributed by atoms with Gasteiger partial charge in [-0.2, -0.15) is 13.2 Å². The average Bonchev–Trinajstić information content (AvgIpc) is 2.48. The van der Waals surface area contributed by atoms with E-state index in [2.05, 4.69) is 36.4 Å². The van der Waals surface area contributed by atoms with Crippen LogP contribution in [-0.4, -0.2) is 12.9 Å². The SMILES string of the molecule is CC(C)(C)CNC1N=CNc2c1cc1ccccc1c2C(F)(F)F. The van der Waals surface area contributed by atoms with E-state index in [-0.39, 0.29) is 16.5 Å². The minimum Gasteiger partial charge on any atom is -0.346 e. The Labute approximate surface area is 139 Å². The number of anilines is 1. The van der Waals surface area contributed by atoms with Gasteiger partial charge in [-0.25, -0.2) is 0 Å². The van der Waals surface area contributed by atoms with Gasteiger partial charge in [0.2, 0.25) is 0 Å². The first-order valence-corrected chi connectivity index (χ1v) is 7.81. The fraction of sp³-hybridized carbons (Fsp3) is 0.389. The van der Waals surface area contributed by atoms with Gasteiger partial charge in [-0.05, 0) is 22.3 Å². The Morgan fingerprint density at radius 1 is 1.17 bits per heavy atom. The first-order valence-electron chi connectivity index (χ1n) is 7.81. The molecule has 0 fully saturated rings. The Balaban J connectivity index is 2.15. The normalized spacial score (nSPS) is 17.7. The molecule has 0 bridgehead atoms. The fourth-order valence-corrected chi connectivity index (χ4v) is 2.86. The Bertz CT molecular complexity index is 788. The molecule has 1 heterocycles. The summed E-state index contributed by atoms with van der Waals surface area (Å²) in [6.07, 6.45) is -3.60. The number of halogens is 3. The summed E-state index contributed by atoms with van der Waals surface area (Å²) < 4.78 is 41.1. The molecule has 0 aromatic heterocycles. The molecule has 1 aliphatic rings. The number of alkyl halides is 3. The molecule has 3 rings (SSSR count). The minimum atomic E-state index is -4.45. The van der Waals surface area contributed by atoms with Gasteiger partial charge in [0.15, 0.2) is 0 Å². The standard InChI is InChI=1S/C18H20F3N3/c1-17(2,3)9-22-16-13-8-11-6-4-5-7-12(11)14(18(19,20)21)15(13)23-10-24-16/h4-8,10,16,22H,9H2,1-3H3,(H,23,24). The maximum absolute atomic E-state index is 13.7. The first kappa shape index (κ1) is 16.8. The van der Waals surface area contributed by atoms with Crippen molar-refractivity contribution in [1.82, 2.24) is 5.32 Å². The number of nitrogens with zero attached hydrogens (tertiary/aromatic N) is 1. The summed E-state index contributed by atoms with van der Waals surface area (Å²) in [7, 11) is 0. The summed E-state index contributed by atoms with van der Waals surface area (Å²) in [5, 5.41) is 6.72. The smallest absolute Gasteiger partial charge is 0.346 e. The zero-order chi connectivity index (χ0) is 17.5. The van der Waals surface area contributed by atoms with Gasteiger partial charge in [-0.1, -0.05) is 45.0 Å². The summed E-state index contributed by atoms with van der Waals surface area (Å²) >= 11 is 0. The molecular formula is C18H20F3N3. The van der Waals surface area contributed by atoms with Crippen molar-refractivity contribution in [2.24, 2.45) is 10.4 Å². The summed E-state index contributed by atoms with van der Waals surface area (Å²) in [4.78, 5) is 4.29. The molecule has 0 radical (unpaired) electrons. The number of hydrogen-bond donors (Lipinski definition) is 2. The van der Waals surface area contributed by atoms with Crippen LogP contribution in [0.15, 0.2) is 35.3 Å². The van der Waals surface area contributed by atoms with Crippen LogP contribution >= 0.6 is 0 Å². The Morgan fingerprint density at radius 3 is 2.54 bits per heavy atom. The number of nitrogens with one attached hydrogen (secondary N) is 2. The maximum Gasteiger partial charge on any atom is 0.419 e. The summed E-state index contributed by atoms with van der Waals surface area (Å²) in [5.41, 5.74) is -0.0238. The molecule has 3 nitrogen and oxygen atoms in total. The van der Waals surface area contributed by atoms with E-state index in [1.54, 1.807) is 24.3 Å². The predicted molar refractivity (Wildman–Crippen MR) is 91.3 cm³/mol. The number of rotatable bonds is 2. The van der Waals surface area contributed by atoms with Gasteiger partial charge < -0.3 is 5.32 Å². The van der Waals surface area contributed by atoms with E-state index < -0.39 is 17.9 Å². The summed E-state index contributed by atoms with van der Waals surface area (Å²) in [6, 6.07) is 8.35. The lowest BCUT2D eigenvalue weighted by molar-refractivity contribution is -0.135. The lowest BCUT2D eigenvalue weighted by Crippen LogP contribution is -2.32. The van der Waals surface area contributed by atoms with Crippen molar-refractivity contribution in [1.29, 1.82) is 0 Å². The second kappa shape index (κ2) is 5.77.